The van der Waals surface area contributed by atoms with Gasteiger partial charge in [0.15, 0.2) is 0 Å². The highest BCUT2D eigenvalue weighted by Crippen LogP contribution is 2.55. The molecule has 4 rings (SSSR count). The van der Waals surface area contributed by atoms with Crippen LogP contribution in [0.4, 0.5) is 0 Å². The number of benzene rings is 2. The maximum atomic E-state index is 11.0. The molecule has 3 aromatic rings. The predicted molar refractivity (Wildman–Crippen MR) is 94.7 cm³/mol. The summed E-state index contributed by atoms with van der Waals surface area (Å²) in [5, 5.41) is 10.6. The van der Waals surface area contributed by atoms with Gasteiger partial charge in [-0.15, -0.1) is 0 Å². The fourth-order valence-corrected chi connectivity index (χ4v) is 3.61. The number of hydrogen-bond acceptors (Lipinski definition) is 4. The summed E-state index contributed by atoms with van der Waals surface area (Å²) in [7, 11) is 6.89. The molecule has 0 bridgehead atoms. The predicted octanol–water partition coefficient (Wildman–Crippen LogP) is 4.85. The minimum atomic E-state index is -0.903. The van der Waals surface area contributed by atoms with Gasteiger partial charge >= 0.3 is 5.97 Å². The van der Waals surface area contributed by atoms with E-state index in [-0.39, 0.29) is 0 Å². The van der Waals surface area contributed by atoms with Crippen LogP contribution >= 0.6 is 21.7 Å². The summed E-state index contributed by atoms with van der Waals surface area (Å²) in [5.41, 5.74) is 3.38. The maximum Gasteiger partial charge on any atom is 0.335 e. The summed E-state index contributed by atoms with van der Waals surface area (Å²) in [4.78, 5) is 20.0. The number of aromatic nitrogens is 2. The van der Waals surface area contributed by atoms with Gasteiger partial charge in [-0.2, -0.15) is 0 Å². The second-order valence-corrected chi connectivity index (χ2v) is 6.84. The normalized spacial score (nSPS) is 19.4. The summed E-state index contributed by atoms with van der Waals surface area (Å²) < 4.78 is 0. The van der Waals surface area contributed by atoms with Gasteiger partial charge in [0.2, 0.25) is 5.16 Å². The number of para-hydroxylation sites is 1. The van der Waals surface area contributed by atoms with Gasteiger partial charge in [0, 0.05) is 22.3 Å². The second-order valence-electron chi connectivity index (χ2n) is 5.86. The number of halogens is 1. The van der Waals surface area contributed by atoms with Crippen LogP contribution in [0.5, 0.6) is 0 Å². The molecule has 6 heteroatoms. The SMILES string of the molecule is O=C(O)c1ccc(C2CC2c2nc(SCl)nc3ccccc23)cc1. The minimum absolute atomic E-state index is 0.310. The average molecular weight is 357 g/mol. The summed E-state index contributed by atoms with van der Waals surface area (Å²) in [6, 6.07) is 15.1. The third-order valence-electron chi connectivity index (χ3n) is 4.41. The Morgan fingerprint density at radius 2 is 1.83 bits per heavy atom. The van der Waals surface area contributed by atoms with Gasteiger partial charge in [-0.1, -0.05) is 30.3 Å². The zero-order valence-corrected chi connectivity index (χ0v) is 14.1. The van der Waals surface area contributed by atoms with E-state index in [0.717, 1.165) is 39.6 Å². The Kier molecular flexibility index (Phi) is 3.90. The van der Waals surface area contributed by atoms with Crippen molar-refractivity contribution in [3.05, 3.63) is 65.4 Å². The second kappa shape index (κ2) is 6.07. The fraction of sp³-hybridized carbons (Fsp3) is 0.167. The van der Waals surface area contributed by atoms with E-state index in [1.54, 1.807) is 12.1 Å². The molecule has 24 heavy (non-hydrogen) atoms. The Labute approximate surface area is 147 Å². The smallest absolute Gasteiger partial charge is 0.335 e. The van der Waals surface area contributed by atoms with Crippen molar-refractivity contribution in [2.45, 2.75) is 23.4 Å². The van der Waals surface area contributed by atoms with Crippen LogP contribution in [0.1, 0.15) is 39.9 Å². The van der Waals surface area contributed by atoms with Crippen LogP contribution in [0.2, 0.25) is 0 Å². The average Bonchev–Trinajstić information content (AvgIpc) is 3.41. The van der Waals surface area contributed by atoms with Crippen LogP contribution in [0.25, 0.3) is 10.9 Å². The monoisotopic (exact) mass is 356 g/mol. The minimum Gasteiger partial charge on any atom is -0.478 e. The van der Waals surface area contributed by atoms with E-state index >= 15 is 0 Å². The molecule has 1 N–H and O–H groups in total. The van der Waals surface area contributed by atoms with Crippen molar-refractivity contribution in [1.29, 1.82) is 0 Å². The molecule has 1 fully saturated rings. The van der Waals surface area contributed by atoms with Gasteiger partial charge in [-0.25, -0.2) is 14.8 Å². The van der Waals surface area contributed by atoms with Crippen LogP contribution in [-0.2, 0) is 0 Å². The first kappa shape index (κ1) is 15.4. The van der Waals surface area contributed by atoms with E-state index in [1.807, 2.05) is 36.4 Å². The first-order chi connectivity index (χ1) is 11.7. The number of hydrogen-bond donors (Lipinski definition) is 1. The van der Waals surface area contributed by atoms with Crippen LogP contribution in [0, 0.1) is 0 Å². The van der Waals surface area contributed by atoms with Gasteiger partial charge in [0.1, 0.15) is 0 Å². The van der Waals surface area contributed by atoms with Crippen LogP contribution in [0.15, 0.2) is 53.7 Å². The summed E-state index contributed by atoms with van der Waals surface area (Å²) in [6.45, 7) is 0. The highest BCUT2D eigenvalue weighted by molar-refractivity contribution is 8.21. The quantitative estimate of drug-likeness (QED) is 0.677. The Balaban J connectivity index is 1.68. The van der Waals surface area contributed by atoms with E-state index in [2.05, 4.69) is 9.97 Å². The lowest BCUT2D eigenvalue weighted by atomic mass is 10.0. The Morgan fingerprint density at radius 3 is 2.54 bits per heavy atom. The van der Waals surface area contributed by atoms with Crippen molar-refractivity contribution in [2.24, 2.45) is 0 Å². The standard InChI is InChI=1S/C18H13ClN2O2S/c19-24-18-20-15-4-2-1-3-12(15)16(21-18)14-9-13(14)10-5-7-11(8-6-10)17(22)23/h1-8,13-14H,9H2,(H,22,23). The highest BCUT2D eigenvalue weighted by atomic mass is 35.7. The van der Waals surface area contributed by atoms with Gasteiger partial charge in [-0.05, 0) is 46.8 Å². The highest BCUT2D eigenvalue weighted by Gasteiger charge is 2.41. The molecule has 1 aromatic heterocycles. The zero-order chi connectivity index (χ0) is 16.7. The zero-order valence-electron chi connectivity index (χ0n) is 12.5. The fourth-order valence-electron chi connectivity index (χ4n) is 3.13. The van der Waals surface area contributed by atoms with Gasteiger partial charge < -0.3 is 5.11 Å². The van der Waals surface area contributed by atoms with Gasteiger partial charge in [-0.3, -0.25) is 0 Å². The maximum absolute atomic E-state index is 11.0. The van der Waals surface area contributed by atoms with E-state index in [1.165, 1.54) is 0 Å². The number of nitrogens with zero attached hydrogens (tertiary/aromatic N) is 2. The Hall–Kier alpha value is -2.11. The molecule has 2 aromatic carbocycles. The number of carboxylic acid groups (broad SMARTS) is 1. The number of carboxylic acids is 1. The van der Waals surface area contributed by atoms with Crippen molar-refractivity contribution >= 4 is 38.5 Å². The molecule has 0 amide bonds. The van der Waals surface area contributed by atoms with Crippen LogP contribution < -0.4 is 0 Å². The van der Waals surface area contributed by atoms with Crippen molar-refractivity contribution in [3.63, 3.8) is 0 Å². The van der Waals surface area contributed by atoms with Gasteiger partial charge in [0.05, 0.1) is 16.8 Å². The number of carbonyl (C=O) groups is 1. The molecule has 0 radical (unpaired) electrons. The third-order valence-corrected chi connectivity index (χ3v) is 5.14. The lowest BCUT2D eigenvalue weighted by Crippen LogP contribution is -1.97. The molecule has 1 aliphatic carbocycles. The lowest BCUT2D eigenvalue weighted by molar-refractivity contribution is 0.0697. The van der Waals surface area contributed by atoms with Crippen molar-refractivity contribution in [2.75, 3.05) is 0 Å². The molecular weight excluding hydrogens is 344 g/mol. The van der Waals surface area contributed by atoms with E-state index in [9.17, 15) is 4.79 Å². The lowest BCUT2D eigenvalue weighted by Gasteiger charge is -2.07. The molecule has 1 aliphatic rings. The van der Waals surface area contributed by atoms with Crippen molar-refractivity contribution in [3.8, 4) is 0 Å². The molecular formula is C18H13ClN2O2S. The van der Waals surface area contributed by atoms with Crippen molar-refractivity contribution in [1.82, 2.24) is 9.97 Å². The summed E-state index contributed by atoms with van der Waals surface area (Å²) >= 11 is 0. The van der Waals surface area contributed by atoms with Gasteiger partial charge in [0.25, 0.3) is 0 Å². The van der Waals surface area contributed by atoms with Crippen LogP contribution in [-0.4, -0.2) is 21.0 Å². The largest absolute Gasteiger partial charge is 0.478 e. The first-order valence-electron chi connectivity index (χ1n) is 7.56. The Bertz CT molecular complexity index is 930. The van der Waals surface area contributed by atoms with E-state index < -0.39 is 5.97 Å². The molecule has 0 spiro atoms. The molecule has 4 nitrogen and oxygen atoms in total. The van der Waals surface area contributed by atoms with E-state index in [0.29, 0.717) is 22.6 Å². The molecule has 1 saturated carbocycles. The summed E-state index contributed by atoms with van der Waals surface area (Å²) in [5.74, 6) is -0.227. The summed E-state index contributed by atoms with van der Waals surface area (Å²) in [6.07, 6.45) is 1.000. The molecule has 120 valence electrons. The van der Waals surface area contributed by atoms with Crippen LogP contribution in [0.3, 0.4) is 0 Å². The first-order valence-corrected chi connectivity index (χ1v) is 9.20. The topological polar surface area (TPSA) is 63.1 Å². The molecule has 0 aliphatic heterocycles. The molecule has 0 saturated heterocycles. The molecule has 1 heterocycles. The number of fused-ring (bicyclic) bond motifs is 1. The number of aromatic carboxylic acids is 1. The number of rotatable bonds is 4. The van der Waals surface area contributed by atoms with E-state index in [4.69, 9.17) is 15.8 Å². The Morgan fingerprint density at radius 1 is 1.08 bits per heavy atom. The molecule has 2 atom stereocenters. The van der Waals surface area contributed by atoms with Crippen molar-refractivity contribution < 1.29 is 9.90 Å². The molecule has 2 unspecified atom stereocenters. The third kappa shape index (κ3) is 2.74.